The number of benzene rings is 1. The SMILES string of the molecule is Cc1cc(OCCCCCCS(N)(=O)=O)cc(C)c1Br. The molecule has 0 saturated heterocycles. The summed E-state index contributed by atoms with van der Waals surface area (Å²) in [6.07, 6.45) is 3.34. The standard InChI is InChI=1S/C14H22BrNO3S/c1-11-9-13(10-12(2)14(11)15)19-7-5-3-4-6-8-20(16,17)18/h9-10H,3-8H2,1-2H3,(H2,16,17,18). The first kappa shape index (κ1) is 17.5. The molecule has 0 radical (unpaired) electrons. The Kier molecular flexibility index (Phi) is 6.99. The number of rotatable bonds is 8. The van der Waals surface area contributed by atoms with Crippen molar-refractivity contribution < 1.29 is 13.2 Å². The van der Waals surface area contributed by atoms with Gasteiger partial charge in [-0.1, -0.05) is 28.8 Å². The number of primary sulfonamides is 1. The lowest BCUT2D eigenvalue weighted by atomic mass is 10.1. The Labute approximate surface area is 129 Å². The van der Waals surface area contributed by atoms with E-state index in [2.05, 4.69) is 15.9 Å². The van der Waals surface area contributed by atoms with Crippen LogP contribution in [0.5, 0.6) is 5.75 Å². The van der Waals surface area contributed by atoms with Crippen molar-refractivity contribution >= 4 is 26.0 Å². The first-order valence-electron chi connectivity index (χ1n) is 6.69. The molecule has 0 fully saturated rings. The van der Waals surface area contributed by atoms with Gasteiger partial charge in [-0.05, 0) is 49.9 Å². The lowest BCUT2D eigenvalue weighted by molar-refractivity contribution is 0.304. The fourth-order valence-electron chi connectivity index (χ4n) is 1.94. The Hall–Kier alpha value is -0.590. The van der Waals surface area contributed by atoms with Gasteiger partial charge in [-0.2, -0.15) is 0 Å². The van der Waals surface area contributed by atoms with Crippen molar-refractivity contribution in [2.24, 2.45) is 5.14 Å². The fourth-order valence-corrected chi connectivity index (χ4v) is 2.77. The molecule has 2 N–H and O–H groups in total. The van der Waals surface area contributed by atoms with Crippen molar-refractivity contribution in [3.8, 4) is 5.75 Å². The van der Waals surface area contributed by atoms with Crippen LogP contribution in [-0.2, 0) is 10.0 Å². The number of nitrogens with two attached hydrogens (primary N) is 1. The smallest absolute Gasteiger partial charge is 0.209 e. The van der Waals surface area contributed by atoms with Gasteiger partial charge in [0.25, 0.3) is 0 Å². The Balaban J connectivity index is 2.22. The molecule has 114 valence electrons. The first-order chi connectivity index (χ1) is 9.29. The van der Waals surface area contributed by atoms with E-state index < -0.39 is 10.0 Å². The molecule has 6 heteroatoms. The molecule has 1 aromatic rings. The molecule has 0 aromatic heterocycles. The summed E-state index contributed by atoms with van der Waals surface area (Å²) < 4.78 is 28.3. The van der Waals surface area contributed by atoms with Crippen LogP contribution in [0, 0.1) is 13.8 Å². The minimum absolute atomic E-state index is 0.0684. The number of hydrogen-bond donors (Lipinski definition) is 1. The van der Waals surface area contributed by atoms with Crippen LogP contribution in [0.1, 0.15) is 36.8 Å². The second-order valence-electron chi connectivity index (χ2n) is 5.00. The molecule has 0 unspecified atom stereocenters. The number of hydrogen-bond acceptors (Lipinski definition) is 3. The third-order valence-electron chi connectivity index (χ3n) is 3.00. The maximum absolute atomic E-state index is 10.7. The summed E-state index contributed by atoms with van der Waals surface area (Å²) in [5.74, 6) is 0.951. The van der Waals surface area contributed by atoms with Gasteiger partial charge in [0.15, 0.2) is 0 Å². The molecule has 0 aliphatic carbocycles. The van der Waals surface area contributed by atoms with Crippen LogP contribution < -0.4 is 9.88 Å². The second kappa shape index (κ2) is 8.00. The second-order valence-corrected chi connectivity index (χ2v) is 7.53. The van der Waals surface area contributed by atoms with E-state index in [1.807, 2.05) is 26.0 Å². The highest BCUT2D eigenvalue weighted by Gasteiger charge is 2.04. The zero-order valence-corrected chi connectivity index (χ0v) is 14.4. The van der Waals surface area contributed by atoms with Crippen LogP contribution >= 0.6 is 15.9 Å². The van der Waals surface area contributed by atoms with E-state index in [1.165, 1.54) is 0 Å². The van der Waals surface area contributed by atoms with Crippen molar-refractivity contribution in [3.63, 3.8) is 0 Å². The molecule has 20 heavy (non-hydrogen) atoms. The monoisotopic (exact) mass is 363 g/mol. The summed E-state index contributed by atoms with van der Waals surface area (Å²) >= 11 is 3.52. The molecule has 0 heterocycles. The summed E-state index contributed by atoms with van der Waals surface area (Å²) in [6.45, 7) is 4.73. The summed E-state index contributed by atoms with van der Waals surface area (Å²) in [5, 5.41) is 4.94. The Morgan fingerprint density at radius 3 is 2.20 bits per heavy atom. The van der Waals surface area contributed by atoms with Gasteiger partial charge >= 0.3 is 0 Å². The van der Waals surface area contributed by atoms with Gasteiger partial charge in [0.05, 0.1) is 12.4 Å². The van der Waals surface area contributed by atoms with E-state index in [1.54, 1.807) is 0 Å². The average molecular weight is 364 g/mol. The topological polar surface area (TPSA) is 69.4 Å². The normalized spacial score (nSPS) is 11.6. The zero-order chi connectivity index (χ0) is 15.2. The van der Waals surface area contributed by atoms with Crippen molar-refractivity contribution in [2.75, 3.05) is 12.4 Å². The molecule has 0 aliphatic heterocycles. The van der Waals surface area contributed by atoms with Crippen molar-refractivity contribution in [3.05, 3.63) is 27.7 Å². The summed E-state index contributed by atoms with van der Waals surface area (Å²) in [7, 11) is -3.31. The third-order valence-corrected chi connectivity index (χ3v) is 5.11. The molecular weight excluding hydrogens is 342 g/mol. The molecule has 0 bridgehead atoms. The van der Waals surface area contributed by atoms with E-state index in [0.29, 0.717) is 13.0 Å². The maximum Gasteiger partial charge on any atom is 0.209 e. The van der Waals surface area contributed by atoms with Gasteiger partial charge in [0.1, 0.15) is 5.75 Å². The van der Waals surface area contributed by atoms with Gasteiger partial charge in [0.2, 0.25) is 10.0 Å². The molecule has 4 nitrogen and oxygen atoms in total. The summed E-state index contributed by atoms with van der Waals surface area (Å²) in [6, 6.07) is 4.02. The Bertz CT molecular complexity index is 520. The lowest BCUT2D eigenvalue weighted by Gasteiger charge is -2.10. The van der Waals surface area contributed by atoms with Gasteiger partial charge in [0, 0.05) is 4.47 Å². The predicted octanol–water partition coefficient (Wildman–Crippen LogP) is 3.29. The Morgan fingerprint density at radius 1 is 1.10 bits per heavy atom. The Morgan fingerprint density at radius 2 is 1.65 bits per heavy atom. The van der Waals surface area contributed by atoms with Crippen LogP contribution in [0.3, 0.4) is 0 Å². The van der Waals surface area contributed by atoms with Crippen LogP contribution in [-0.4, -0.2) is 20.8 Å². The zero-order valence-electron chi connectivity index (χ0n) is 12.0. The van der Waals surface area contributed by atoms with E-state index >= 15 is 0 Å². The van der Waals surface area contributed by atoms with Crippen molar-refractivity contribution in [2.45, 2.75) is 39.5 Å². The highest BCUT2D eigenvalue weighted by molar-refractivity contribution is 9.10. The van der Waals surface area contributed by atoms with Crippen molar-refractivity contribution in [1.29, 1.82) is 0 Å². The van der Waals surface area contributed by atoms with Crippen LogP contribution in [0.4, 0.5) is 0 Å². The molecule has 0 spiro atoms. The molecule has 1 rings (SSSR count). The molecule has 0 saturated carbocycles. The average Bonchev–Trinajstić information content (AvgIpc) is 2.33. The number of aryl methyl sites for hydroxylation is 2. The van der Waals surface area contributed by atoms with Gasteiger partial charge in [-0.25, -0.2) is 13.6 Å². The van der Waals surface area contributed by atoms with Crippen LogP contribution in [0.2, 0.25) is 0 Å². The highest BCUT2D eigenvalue weighted by atomic mass is 79.9. The van der Waals surface area contributed by atoms with Crippen LogP contribution in [0.15, 0.2) is 16.6 Å². The molecule has 0 amide bonds. The largest absolute Gasteiger partial charge is 0.494 e. The number of halogens is 1. The fraction of sp³-hybridized carbons (Fsp3) is 0.571. The molecule has 0 aliphatic rings. The molecular formula is C14H22BrNO3S. The number of sulfonamides is 1. The van der Waals surface area contributed by atoms with E-state index in [9.17, 15) is 8.42 Å². The quantitative estimate of drug-likeness (QED) is 0.720. The van der Waals surface area contributed by atoms with Gasteiger partial charge in [-0.15, -0.1) is 0 Å². The van der Waals surface area contributed by atoms with E-state index in [4.69, 9.17) is 9.88 Å². The summed E-state index contributed by atoms with van der Waals surface area (Å²) in [4.78, 5) is 0. The maximum atomic E-state index is 10.7. The van der Waals surface area contributed by atoms with E-state index in [0.717, 1.165) is 40.6 Å². The summed E-state index contributed by atoms with van der Waals surface area (Å²) in [5.41, 5.74) is 2.32. The highest BCUT2D eigenvalue weighted by Crippen LogP contribution is 2.26. The minimum Gasteiger partial charge on any atom is -0.494 e. The predicted molar refractivity (Wildman–Crippen MR) is 85.6 cm³/mol. The van der Waals surface area contributed by atoms with E-state index in [-0.39, 0.29) is 5.75 Å². The van der Waals surface area contributed by atoms with Gasteiger partial charge < -0.3 is 4.74 Å². The third kappa shape index (κ3) is 6.72. The van der Waals surface area contributed by atoms with Gasteiger partial charge in [-0.3, -0.25) is 0 Å². The van der Waals surface area contributed by atoms with Crippen molar-refractivity contribution in [1.82, 2.24) is 0 Å². The molecule has 0 atom stereocenters. The lowest BCUT2D eigenvalue weighted by Crippen LogP contribution is -2.16. The minimum atomic E-state index is -3.31. The first-order valence-corrected chi connectivity index (χ1v) is 9.20. The molecule has 1 aromatic carbocycles. The number of ether oxygens (including phenoxy) is 1. The van der Waals surface area contributed by atoms with Crippen LogP contribution in [0.25, 0.3) is 0 Å². The number of unbranched alkanes of at least 4 members (excludes halogenated alkanes) is 3.